The number of nitrogens with one attached hydrogen (secondary N) is 1. The molecule has 2 aromatic heterocycles. The molecule has 0 atom stereocenters. The first-order valence-corrected chi connectivity index (χ1v) is 6.18. The Kier molecular flexibility index (Phi) is 5.39. The van der Waals surface area contributed by atoms with Crippen LogP contribution in [0.1, 0.15) is 16.3 Å². The summed E-state index contributed by atoms with van der Waals surface area (Å²) in [6.07, 6.45) is -4.35. The van der Waals surface area contributed by atoms with Crippen LogP contribution in [0.5, 0.6) is 0 Å². The summed E-state index contributed by atoms with van der Waals surface area (Å²) in [5, 5.41) is 8.85. The van der Waals surface area contributed by atoms with E-state index in [0.29, 0.717) is 18.8 Å². The first kappa shape index (κ1) is 16.0. The van der Waals surface area contributed by atoms with Gasteiger partial charge in [0.1, 0.15) is 5.69 Å². The second-order valence-electron chi connectivity index (χ2n) is 3.83. The van der Waals surface area contributed by atoms with Gasteiger partial charge in [0, 0.05) is 25.0 Å². The van der Waals surface area contributed by atoms with Gasteiger partial charge < -0.3 is 5.32 Å². The molecule has 0 aliphatic rings. The van der Waals surface area contributed by atoms with Crippen molar-refractivity contribution in [2.24, 2.45) is 7.05 Å². The van der Waals surface area contributed by atoms with E-state index in [1.165, 1.54) is 7.05 Å². The van der Waals surface area contributed by atoms with Crippen LogP contribution in [0.2, 0.25) is 0 Å². The highest BCUT2D eigenvalue weighted by atomic mass is 35.5. The molecule has 3 nitrogen and oxygen atoms in total. The Hall–Kier alpha value is -1.05. The molecule has 0 saturated carbocycles. The van der Waals surface area contributed by atoms with Crippen LogP contribution >= 0.6 is 23.7 Å². The summed E-state index contributed by atoms with van der Waals surface area (Å²) >= 11 is 1.60. The highest BCUT2D eigenvalue weighted by Crippen LogP contribution is 2.29. The molecule has 0 fully saturated rings. The van der Waals surface area contributed by atoms with Crippen LogP contribution in [0, 0.1) is 0 Å². The van der Waals surface area contributed by atoms with Gasteiger partial charge in [0.15, 0.2) is 0 Å². The van der Waals surface area contributed by atoms with Crippen LogP contribution in [-0.2, 0) is 26.3 Å². The molecule has 106 valence electrons. The zero-order valence-corrected chi connectivity index (χ0v) is 11.7. The number of aryl methyl sites for hydroxylation is 1. The maximum Gasteiger partial charge on any atom is 0.433 e. The quantitative estimate of drug-likeness (QED) is 0.939. The van der Waals surface area contributed by atoms with E-state index in [-0.39, 0.29) is 12.4 Å². The summed E-state index contributed by atoms with van der Waals surface area (Å²) in [5.74, 6) is 0. The molecule has 0 saturated heterocycles. The summed E-state index contributed by atoms with van der Waals surface area (Å²) in [6.45, 7) is 0.956. The van der Waals surface area contributed by atoms with Crippen molar-refractivity contribution in [3.05, 3.63) is 39.8 Å². The van der Waals surface area contributed by atoms with E-state index in [2.05, 4.69) is 10.4 Å². The SMILES string of the molecule is Cl.Cn1nc(CNCc2cccs2)cc1C(F)(F)F. The molecule has 0 aliphatic heterocycles. The molecule has 2 rings (SSSR count). The van der Waals surface area contributed by atoms with Crippen LogP contribution in [0.3, 0.4) is 0 Å². The first-order valence-electron chi connectivity index (χ1n) is 5.30. The van der Waals surface area contributed by atoms with Crippen molar-refractivity contribution in [3.8, 4) is 0 Å². The number of halogens is 4. The van der Waals surface area contributed by atoms with Crippen molar-refractivity contribution in [3.63, 3.8) is 0 Å². The lowest BCUT2D eigenvalue weighted by atomic mass is 10.3. The zero-order chi connectivity index (χ0) is 13.2. The van der Waals surface area contributed by atoms with Gasteiger partial charge in [-0.1, -0.05) is 6.07 Å². The Labute approximate surface area is 118 Å². The summed E-state index contributed by atoms with van der Waals surface area (Å²) < 4.78 is 38.4. The van der Waals surface area contributed by atoms with Crippen molar-refractivity contribution in [2.75, 3.05) is 0 Å². The Morgan fingerprint density at radius 2 is 2.11 bits per heavy atom. The molecule has 0 unspecified atom stereocenters. The standard InChI is InChI=1S/C11H12F3N3S.ClH/c1-17-10(11(12,13)14)5-8(16-17)6-15-7-9-3-2-4-18-9;/h2-5,15H,6-7H2,1H3;1H. The molecule has 0 aromatic carbocycles. The topological polar surface area (TPSA) is 29.9 Å². The normalized spacial score (nSPS) is 11.4. The molecular weight excluding hydrogens is 299 g/mol. The molecule has 2 aromatic rings. The largest absolute Gasteiger partial charge is 0.433 e. The van der Waals surface area contributed by atoms with Crippen LogP contribution < -0.4 is 5.32 Å². The van der Waals surface area contributed by atoms with E-state index in [1.807, 2.05) is 17.5 Å². The van der Waals surface area contributed by atoms with E-state index in [1.54, 1.807) is 11.3 Å². The Morgan fingerprint density at radius 1 is 1.37 bits per heavy atom. The fraction of sp³-hybridized carbons (Fsp3) is 0.364. The van der Waals surface area contributed by atoms with Crippen molar-refractivity contribution in [1.82, 2.24) is 15.1 Å². The lowest BCUT2D eigenvalue weighted by molar-refractivity contribution is -0.143. The van der Waals surface area contributed by atoms with E-state index < -0.39 is 11.9 Å². The zero-order valence-electron chi connectivity index (χ0n) is 10.1. The Bertz CT molecular complexity index is 508. The first-order chi connectivity index (χ1) is 8.47. The molecule has 0 spiro atoms. The van der Waals surface area contributed by atoms with E-state index >= 15 is 0 Å². The fourth-order valence-electron chi connectivity index (χ4n) is 1.61. The number of hydrogen-bond acceptors (Lipinski definition) is 3. The van der Waals surface area contributed by atoms with E-state index in [9.17, 15) is 13.2 Å². The average molecular weight is 312 g/mol. The van der Waals surface area contributed by atoms with Gasteiger partial charge in [-0.25, -0.2) is 0 Å². The van der Waals surface area contributed by atoms with Crippen molar-refractivity contribution in [2.45, 2.75) is 19.3 Å². The minimum absolute atomic E-state index is 0. The van der Waals surface area contributed by atoms with Crippen LogP contribution in [0.4, 0.5) is 13.2 Å². The lowest BCUT2D eigenvalue weighted by Gasteiger charge is -2.04. The van der Waals surface area contributed by atoms with Gasteiger partial charge in [0.05, 0.1) is 5.69 Å². The van der Waals surface area contributed by atoms with Gasteiger partial charge >= 0.3 is 6.18 Å². The molecule has 0 bridgehead atoms. The second kappa shape index (κ2) is 6.40. The molecule has 0 radical (unpaired) electrons. The van der Waals surface area contributed by atoms with Gasteiger partial charge in [-0.3, -0.25) is 4.68 Å². The van der Waals surface area contributed by atoms with Crippen LogP contribution in [0.25, 0.3) is 0 Å². The molecule has 2 heterocycles. The fourth-order valence-corrected chi connectivity index (χ4v) is 2.28. The van der Waals surface area contributed by atoms with E-state index in [0.717, 1.165) is 15.6 Å². The maximum absolute atomic E-state index is 12.5. The molecule has 1 N–H and O–H groups in total. The summed E-state index contributed by atoms with van der Waals surface area (Å²) in [4.78, 5) is 1.14. The molecule has 8 heteroatoms. The van der Waals surface area contributed by atoms with Gasteiger partial charge in [-0.15, -0.1) is 23.7 Å². The maximum atomic E-state index is 12.5. The number of hydrogen-bond donors (Lipinski definition) is 1. The third-order valence-corrected chi connectivity index (χ3v) is 3.28. The minimum Gasteiger partial charge on any atom is -0.306 e. The number of thiophene rings is 1. The second-order valence-corrected chi connectivity index (χ2v) is 4.86. The predicted octanol–water partition coefficient (Wildman–Crippen LogP) is 3.21. The molecular formula is C11H13ClF3N3S. The van der Waals surface area contributed by atoms with Gasteiger partial charge in [0.25, 0.3) is 0 Å². The lowest BCUT2D eigenvalue weighted by Crippen LogP contribution is -2.12. The van der Waals surface area contributed by atoms with Crippen molar-refractivity contribution in [1.29, 1.82) is 0 Å². The Balaban J connectivity index is 0.00000180. The molecule has 0 aliphatic carbocycles. The summed E-state index contributed by atoms with van der Waals surface area (Å²) in [6, 6.07) is 4.98. The number of aromatic nitrogens is 2. The monoisotopic (exact) mass is 311 g/mol. The number of rotatable bonds is 4. The molecule has 19 heavy (non-hydrogen) atoms. The average Bonchev–Trinajstić information content (AvgIpc) is 2.87. The predicted molar refractivity (Wildman–Crippen MR) is 70.3 cm³/mol. The van der Waals surface area contributed by atoms with Crippen molar-refractivity contribution >= 4 is 23.7 Å². The van der Waals surface area contributed by atoms with Crippen LogP contribution in [0.15, 0.2) is 23.6 Å². The van der Waals surface area contributed by atoms with Gasteiger partial charge in [-0.2, -0.15) is 18.3 Å². The van der Waals surface area contributed by atoms with Crippen LogP contribution in [-0.4, -0.2) is 9.78 Å². The highest BCUT2D eigenvalue weighted by Gasteiger charge is 2.34. The Morgan fingerprint density at radius 3 is 2.63 bits per heavy atom. The van der Waals surface area contributed by atoms with E-state index in [4.69, 9.17) is 0 Å². The smallest absolute Gasteiger partial charge is 0.306 e. The number of alkyl halides is 3. The van der Waals surface area contributed by atoms with Gasteiger partial charge in [0.2, 0.25) is 0 Å². The minimum atomic E-state index is -4.35. The molecule has 0 amide bonds. The number of nitrogens with zero attached hydrogens (tertiary/aromatic N) is 2. The summed E-state index contributed by atoms with van der Waals surface area (Å²) in [7, 11) is 1.30. The third kappa shape index (κ3) is 4.22. The highest BCUT2D eigenvalue weighted by molar-refractivity contribution is 7.09. The summed E-state index contributed by atoms with van der Waals surface area (Å²) in [5.41, 5.74) is -0.336. The van der Waals surface area contributed by atoms with Crippen molar-refractivity contribution < 1.29 is 13.2 Å². The third-order valence-electron chi connectivity index (χ3n) is 2.41. The van der Waals surface area contributed by atoms with Gasteiger partial charge in [-0.05, 0) is 17.5 Å².